The van der Waals surface area contributed by atoms with Gasteiger partial charge in [0.2, 0.25) is 0 Å². The Morgan fingerprint density at radius 3 is 1.29 bits per heavy atom. The molecule has 0 N–H and O–H groups in total. The number of pyridine rings is 1. The molecule has 0 aliphatic rings. The van der Waals surface area contributed by atoms with Crippen molar-refractivity contribution in [3.63, 3.8) is 0 Å². The molecule has 0 unspecified atom stereocenters. The number of aromatic nitrogens is 3. The molecule has 0 bridgehead atoms. The highest BCUT2D eigenvalue weighted by Crippen LogP contribution is 2.45. The molecular formula is C67H43N3. The fourth-order valence-corrected chi connectivity index (χ4v) is 10.2. The fraction of sp³-hybridized carbons (Fsp3) is 0. The van der Waals surface area contributed by atoms with Gasteiger partial charge in [-0.25, -0.2) is 15.0 Å². The SMILES string of the molecule is c1ccc(-c2ccc(-c3nc(-c4ccccc4)nc(-c4ccc(-c5ccccc5)cc4)c3-c3ccc(-c4cc5c(-c6ccc7ccccc7c6)nc6ccccc6c5c5ccccc45)cc3)cc2)cc1. The van der Waals surface area contributed by atoms with E-state index in [1.54, 1.807) is 0 Å². The molecule has 13 aromatic rings. The lowest BCUT2D eigenvalue weighted by molar-refractivity contribution is 1.18. The predicted octanol–water partition coefficient (Wildman–Crippen LogP) is 17.8. The van der Waals surface area contributed by atoms with Crippen LogP contribution < -0.4 is 0 Å². The van der Waals surface area contributed by atoms with Crippen molar-refractivity contribution < 1.29 is 0 Å². The lowest BCUT2D eigenvalue weighted by Gasteiger charge is -2.18. The summed E-state index contributed by atoms with van der Waals surface area (Å²) in [4.78, 5) is 16.3. The molecule has 0 saturated heterocycles. The standard InChI is InChI=1S/C67H43N3/c1-4-16-44(17-5-1)47-28-37-51(38-29-47)65-62(66(70-67(69-65)53-21-8-3-9-22-53)52-39-30-48(31-40-52)45-18-6-2-7-19-45)50-35-33-49(34-36-50)59-43-60-63(57-25-13-12-24-56(57)59)58-26-14-15-27-61(58)68-64(60)55-41-32-46-20-10-11-23-54(46)42-55/h1-43H. The van der Waals surface area contributed by atoms with Crippen molar-refractivity contribution in [2.45, 2.75) is 0 Å². The van der Waals surface area contributed by atoms with E-state index in [0.717, 1.165) is 89.0 Å². The summed E-state index contributed by atoms with van der Waals surface area (Å²) < 4.78 is 0. The van der Waals surface area contributed by atoms with Crippen LogP contribution in [0.4, 0.5) is 0 Å². The summed E-state index contributed by atoms with van der Waals surface area (Å²) in [6.07, 6.45) is 0. The first-order valence-electron chi connectivity index (χ1n) is 23.8. The van der Waals surface area contributed by atoms with Gasteiger partial charge in [-0.2, -0.15) is 0 Å². The molecule has 0 aliphatic heterocycles. The maximum atomic E-state index is 5.46. The van der Waals surface area contributed by atoms with E-state index in [-0.39, 0.29) is 0 Å². The third kappa shape index (κ3) is 7.38. The molecule has 2 heterocycles. The maximum absolute atomic E-state index is 5.46. The Bertz CT molecular complexity index is 3950. The van der Waals surface area contributed by atoms with Crippen LogP contribution in [0.2, 0.25) is 0 Å². The lowest BCUT2D eigenvalue weighted by atomic mass is 9.88. The zero-order valence-electron chi connectivity index (χ0n) is 38.2. The van der Waals surface area contributed by atoms with Crippen LogP contribution in [0.1, 0.15) is 0 Å². The molecule has 3 nitrogen and oxygen atoms in total. The van der Waals surface area contributed by atoms with Crippen LogP contribution in [0.25, 0.3) is 133 Å². The molecule has 0 radical (unpaired) electrons. The van der Waals surface area contributed by atoms with E-state index in [2.05, 4.69) is 243 Å². The summed E-state index contributed by atoms with van der Waals surface area (Å²) >= 11 is 0. The van der Waals surface area contributed by atoms with Crippen molar-refractivity contribution in [1.29, 1.82) is 0 Å². The van der Waals surface area contributed by atoms with Gasteiger partial charge in [-0.3, -0.25) is 0 Å². The van der Waals surface area contributed by atoms with Crippen LogP contribution in [-0.4, -0.2) is 15.0 Å². The molecule has 0 saturated carbocycles. The zero-order chi connectivity index (χ0) is 46.4. The van der Waals surface area contributed by atoms with Crippen LogP contribution in [-0.2, 0) is 0 Å². The van der Waals surface area contributed by atoms with Crippen LogP contribution in [0.3, 0.4) is 0 Å². The van der Waals surface area contributed by atoms with Gasteiger partial charge in [0.05, 0.1) is 22.6 Å². The van der Waals surface area contributed by atoms with E-state index in [9.17, 15) is 0 Å². The second-order valence-corrected chi connectivity index (χ2v) is 17.9. The molecule has 326 valence electrons. The summed E-state index contributed by atoms with van der Waals surface area (Å²) in [5.74, 6) is 0.677. The lowest BCUT2D eigenvalue weighted by Crippen LogP contribution is -2.01. The van der Waals surface area contributed by atoms with Gasteiger partial charge in [0, 0.05) is 44.0 Å². The average Bonchev–Trinajstić information content (AvgIpc) is 3.45. The number of hydrogen-bond donors (Lipinski definition) is 0. The van der Waals surface area contributed by atoms with E-state index in [1.807, 2.05) is 18.2 Å². The van der Waals surface area contributed by atoms with E-state index in [4.69, 9.17) is 15.0 Å². The zero-order valence-corrected chi connectivity index (χ0v) is 38.2. The van der Waals surface area contributed by atoms with Crippen molar-refractivity contribution in [3.05, 3.63) is 261 Å². The smallest absolute Gasteiger partial charge is 0.160 e. The van der Waals surface area contributed by atoms with E-state index >= 15 is 0 Å². The van der Waals surface area contributed by atoms with Crippen molar-refractivity contribution in [3.8, 4) is 89.7 Å². The molecule has 0 atom stereocenters. The summed E-state index contributed by atoms with van der Waals surface area (Å²) in [5.41, 5.74) is 16.7. The molecule has 0 aliphatic carbocycles. The van der Waals surface area contributed by atoms with Crippen LogP contribution in [0, 0.1) is 0 Å². The third-order valence-electron chi connectivity index (χ3n) is 13.7. The average molecular weight is 890 g/mol. The minimum atomic E-state index is 0.677. The van der Waals surface area contributed by atoms with Crippen molar-refractivity contribution >= 4 is 43.2 Å². The molecule has 13 rings (SSSR count). The second-order valence-electron chi connectivity index (χ2n) is 17.9. The number of para-hydroxylation sites is 1. The van der Waals surface area contributed by atoms with Gasteiger partial charge in [-0.05, 0) is 78.7 Å². The summed E-state index contributed by atoms with van der Waals surface area (Å²) in [5, 5.41) is 8.28. The van der Waals surface area contributed by atoms with Gasteiger partial charge < -0.3 is 0 Å². The normalized spacial score (nSPS) is 11.4. The van der Waals surface area contributed by atoms with Gasteiger partial charge in [-0.15, -0.1) is 0 Å². The first-order valence-corrected chi connectivity index (χ1v) is 23.8. The molecule has 70 heavy (non-hydrogen) atoms. The monoisotopic (exact) mass is 889 g/mol. The molecule has 0 amide bonds. The first kappa shape index (κ1) is 40.9. The second kappa shape index (κ2) is 17.4. The fourth-order valence-electron chi connectivity index (χ4n) is 10.2. The van der Waals surface area contributed by atoms with Crippen molar-refractivity contribution in [1.82, 2.24) is 15.0 Å². The van der Waals surface area contributed by atoms with E-state index < -0.39 is 0 Å². The molecule has 0 spiro atoms. The van der Waals surface area contributed by atoms with E-state index in [1.165, 1.54) is 38.1 Å². The summed E-state index contributed by atoms with van der Waals surface area (Å²) in [7, 11) is 0. The van der Waals surface area contributed by atoms with E-state index in [0.29, 0.717) is 5.82 Å². The largest absolute Gasteiger partial charge is 0.247 e. The highest BCUT2D eigenvalue weighted by Gasteiger charge is 2.22. The van der Waals surface area contributed by atoms with Crippen LogP contribution in [0.5, 0.6) is 0 Å². The molecule has 2 aromatic heterocycles. The Morgan fingerprint density at radius 2 is 0.671 bits per heavy atom. The number of hydrogen-bond acceptors (Lipinski definition) is 3. The summed E-state index contributed by atoms with van der Waals surface area (Å²) in [6.45, 7) is 0. The molecule has 11 aromatic carbocycles. The first-order chi connectivity index (χ1) is 34.7. The van der Waals surface area contributed by atoms with Crippen LogP contribution >= 0.6 is 0 Å². The van der Waals surface area contributed by atoms with Gasteiger partial charge >= 0.3 is 0 Å². The highest BCUT2D eigenvalue weighted by molar-refractivity contribution is 6.25. The Morgan fingerprint density at radius 1 is 0.229 bits per heavy atom. The minimum Gasteiger partial charge on any atom is -0.247 e. The molecule has 3 heteroatoms. The Labute approximate surface area is 406 Å². The van der Waals surface area contributed by atoms with Crippen molar-refractivity contribution in [2.24, 2.45) is 0 Å². The Hall–Kier alpha value is -9.31. The van der Waals surface area contributed by atoms with Gasteiger partial charge in [-0.1, -0.05) is 243 Å². The number of nitrogens with zero attached hydrogens (tertiary/aromatic N) is 3. The number of rotatable bonds is 8. The van der Waals surface area contributed by atoms with Crippen molar-refractivity contribution in [2.75, 3.05) is 0 Å². The molecular weight excluding hydrogens is 847 g/mol. The van der Waals surface area contributed by atoms with Gasteiger partial charge in [0.15, 0.2) is 5.82 Å². The number of fused-ring (bicyclic) bond motifs is 6. The third-order valence-corrected chi connectivity index (χ3v) is 13.7. The topological polar surface area (TPSA) is 38.7 Å². The maximum Gasteiger partial charge on any atom is 0.160 e. The predicted molar refractivity (Wildman–Crippen MR) is 293 cm³/mol. The Kier molecular flexibility index (Phi) is 10.2. The van der Waals surface area contributed by atoms with Gasteiger partial charge in [0.1, 0.15) is 0 Å². The van der Waals surface area contributed by atoms with Crippen LogP contribution in [0.15, 0.2) is 261 Å². The minimum absolute atomic E-state index is 0.677. The quantitative estimate of drug-likeness (QED) is 0.143. The number of benzene rings is 11. The Balaban J connectivity index is 1.02. The van der Waals surface area contributed by atoms with Gasteiger partial charge in [0.25, 0.3) is 0 Å². The molecule has 0 fully saturated rings. The highest BCUT2D eigenvalue weighted by atomic mass is 14.9. The summed E-state index contributed by atoms with van der Waals surface area (Å²) in [6, 6.07) is 93.0.